The van der Waals surface area contributed by atoms with Crippen LogP contribution in [0.15, 0.2) is 0 Å². The quantitative estimate of drug-likeness (QED) is 0.544. The van der Waals surface area contributed by atoms with Crippen molar-refractivity contribution in [1.82, 2.24) is 10.6 Å². The highest BCUT2D eigenvalue weighted by molar-refractivity contribution is 5.81. The molecule has 0 aromatic carbocycles. The molecule has 0 saturated heterocycles. The van der Waals surface area contributed by atoms with Crippen LogP contribution in [-0.2, 0) is 9.53 Å². The summed E-state index contributed by atoms with van der Waals surface area (Å²) in [5, 5.41) is 6.13. The van der Waals surface area contributed by atoms with E-state index in [2.05, 4.69) is 17.6 Å². The van der Waals surface area contributed by atoms with E-state index < -0.39 is 0 Å². The fourth-order valence-electron chi connectivity index (χ4n) is 1.54. The molecule has 1 unspecified atom stereocenters. The summed E-state index contributed by atoms with van der Waals surface area (Å²) in [5.41, 5.74) is 0. The van der Waals surface area contributed by atoms with Gasteiger partial charge in [-0.3, -0.25) is 4.79 Å². The first-order chi connectivity index (χ1) is 8.22. The first-order valence-electron chi connectivity index (χ1n) is 6.72. The van der Waals surface area contributed by atoms with E-state index >= 15 is 0 Å². The zero-order valence-electron chi connectivity index (χ0n) is 11.6. The minimum atomic E-state index is -0.0980. The van der Waals surface area contributed by atoms with Crippen molar-refractivity contribution in [3.63, 3.8) is 0 Å². The number of nitrogens with one attached hydrogen (secondary N) is 2. The van der Waals surface area contributed by atoms with Gasteiger partial charge in [0.25, 0.3) is 0 Å². The Labute approximate surface area is 105 Å². The summed E-state index contributed by atoms with van der Waals surface area (Å²) in [5.74, 6) is 0.0802. The molecule has 1 atom stereocenters. The van der Waals surface area contributed by atoms with Crippen LogP contribution in [0.4, 0.5) is 0 Å². The molecule has 0 spiro atoms. The molecular formula is C13H28N2O2. The fourth-order valence-corrected chi connectivity index (χ4v) is 1.54. The standard InChI is InChI=1S/C13H28N2O2/c1-4-5-6-7-9-14-12(2)13(16)15-10-8-11-17-3/h12,14H,4-11H2,1-3H3,(H,15,16). The van der Waals surface area contributed by atoms with Crippen LogP contribution in [0.2, 0.25) is 0 Å². The van der Waals surface area contributed by atoms with E-state index in [0.29, 0.717) is 13.2 Å². The van der Waals surface area contributed by atoms with E-state index in [1.54, 1.807) is 7.11 Å². The van der Waals surface area contributed by atoms with Gasteiger partial charge in [0.05, 0.1) is 6.04 Å². The molecule has 17 heavy (non-hydrogen) atoms. The van der Waals surface area contributed by atoms with Gasteiger partial charge in [0.15, 0.2) is 0 Å². The van der Waals surface area contributed by atoms with Gasteiger partial charge >= 0.3 is 0 Å². The molecule has 102 valence electrons. The molecule has 0 rings (SSSR count). The lowest BCUT2D eigenvalue weighted by molar-refractivity contribution is -0.122. The topological polar surface area (TPSA) is 50.4 Å². The summed E-state index contributed by atoms with van der Waals surface area (Å²) in [7, 11) is 1.67. The fraction of sp³-hybridized carbons (Fsp3) is 0.923. The Morgan fingerprint density at radius 3 is 2.59 bits per heavy atom. The number of hydrogen-bond acceptors (Lipinski definition) is 3. The van der Waals surface area contributed by atoms with Crippen LogP contribution in [0.3, 0.4) is 0 Å². The van der Waals surface area contributed by atoms with Crippen molar-refractivity contribution in [1.29, 1.82) is 0 Å². The average molecular weight is 244 g/mol. The molecule has 0 saturated carbocycles. The normalized spacial score (nSPS) is 12.4. The van der Waals surface area contributed by atoms with Crippen LogP contribution >= 0.6 is 0 Å². The highest BCUT2D eigenvalue weighted by Crippen LogP contribution is 1.97. The second-order valence-electron chi connectivity index (χ2n) is 4.37. The van der Waals surface area contributed by atoms with Gasteiger partial charge in [-0.05, 0) is 26.3 Å². The maximum Gasteiger partial charge on any atom is 0.236 e. The van der Waals surface area contributed by atoms with E-state index in [-0.39, 0.29) is 11.9 Å². The highest BCUT2D eigenvalue weighted by atomic mass is 16.5. The molecule has 4 nitrogen and oxygen atoms in total. The molecule has 0 aliphatic carbocycles. The summed E-state index contributed by atoms with van der Waals surface area (Å²) in [6.45, 7) is 6.41. The molecule has 0 aromatic rings. The second-order valence-corrected chi connectivity index (χ2v) is 4.37. The van der Waals surface area contributed by atoms with Crippen LogP contribution in [0.5, 0.6) is 0 Å². The molecular weight excluding hydrogens is 216 g/mol. The summed E-state index contributed by atoms with van der Waals surface area (Å²) < 4.78 is 4.92. The predicted molar refractivity (Wildman–Crippen MR) is 71.1 cm³/mol. The molecule has 0 bridgehead atoms. The zero-order valence-corrected chi connectivity index (χ0v) is 11.6. The lowest BCUT2D eigenvalue weighted by Crippen LogP contribution is -2.42. The van der Waals surface area contributed by atoms with E-state index in [1.165, 1.54) is 19.3 Å². The third-order valence-corrected chi connectivity index (χ3v) is 2.70. The van der Waals surface area contributed by atoms with Crippen molar-refractivity contribution in [3.8, 4) is 0 Å². The van der Waals surface area contributed by atoms with Gasteiger partial charge in [0, 0.05) is 20.3 Å². The monoisotopic (exact) mass is 244 g/mol. The van der Waals surface area contributed by atoms with Gasteiger partial charge < -0.3 is 15.4 Å². The number of methoxy groups -OCH3 is 1. The van der Waals surface area contributed by atoms with E-state index in [0.717, 1.165) is 19.4 Å². The number of carbonyl (C=O) groups excluding carboxylic acids is 1. The van der Waals surface area contributed by atoms with E-state index in [1.807, 2.05) is 6.92 Å². The van der Waals surface area contributed by atoms with Gasteiger partial charge in [0.2, 0.25) is 5.91 Å². The van der Waals surface area contributed by atoms with Gasteiger partial charge in [-0.1, -0.05) is 26.2 Å². The summed E-state index contributed by atoms with van der Waals surface area (Å²) >= 11 is 0. The van der Waals surface area contributed by atoms with Gasteiger partial charge in [-0.2, -0.15) is 0 Å². The van der Waals surface area contributed by atoms with Crippen LogP contribution in [0.1, 0.15) is 46.0 Å². The number of unbranched alkanes of at least 4 members (excludes halogenated alkanes) is 3. The van der Waals surface area contributed by atoms with Crippen molar-refractivity contribution in [2.24, 2.45) is 0 Å². The Bertz CT molecular complexity index is 186. The number of rotatable bonds is 11. The largest absolute Gasteiger partial charge is 0.385 e. The summed E-state index contributed by atoms with van der Waals surface area (Å²) in [6.07, 6.45) is 5.78. The van der Waals surface area contributed by atoms with Crippen molar-refractivity contribution < 1.29 is 9.53 Å². The molecule has 4 heteroatoms. The van der Waals surface area contributed by atoms with Crippen molar-refractivity contribution in [2.75, 3.05) is 26.8 Å². The SMILES string of the molecule is CCCCCCNC(C)C(=O)NCCCOC. The van der Waals surface area contributed by atoms with Gasteiger partial charge in [-0.15, -0.1) is 0 Å². The smallest absolute Gasteiger partial charge is 0.236 e. The van der Waals surface area contributed by atoms with Crippen molar-refractivity contribution in [3.05, 3.63) is 0 Å². The second kappa shape index (κ2) is 11.9. The Morgan fingerprint density at radius 2 is 1.94 bits per heavy atom. The molecule has 0 fully saturated rings. The average Bonchev–Trinajstić information content (AvgIpc) is 2.34. The number of carbonyl (C=O) groups is 1. The molecule has 1 amide bonds. The van der Waals surface area contributed by atoms with Crippen molar-refractivity contribution in [2.45, 2.75) is 52.0 Å². The number of ether oxygens (including phenoxy) is 1. The third kappa shape index (κ3) is 10.3. The Balaban J connectivity index is 3.40. The first-order valence-corrected chi connectivity index (χ1v) is 6.72. The Hall–Kier alpha value is -0.610. The van der Waals surface area contributed by atoms with Gasteiger partial charge in [0.1, 0.15) is 0 Å². The lowest BCUT2D eigenvalue weighted by Gasteiger charge is -2.13. The molecule has 0 aliphatic rings. The Kier molecular flexibility index (Phi) is 11.4. The third-order valence-electron chi connectivity index (χ3n) is 2.70. The maximum atomic E-state index is 11.6. The minimum absolute atomic E-state index is 0.0802. The predicted octanol–water partition coefficient (Wildman–Crippen LogP) is 1.70. The highest BCUT2D eigenvalue weighted by Gasteiger charge is 2.10. The van der Waals surface area contributed by atoms with Crippen LogP contribution in [0, 0.1) is 0 Å². The maximum absolute atomic E-state index is 11.6. The first kappa shape index (κ1) is 16.4. The van der Waals surface area contributed by atoms with Crippen LogP contribution in [0.25, 0.3) is 0 Å². The number of hydrogen-bond donors (Lipinski definition) is 2. The number of amides is 1. The minimum Gasteiger partial charge on any atom is -0.385 e. The zero-order chi connectivity index (χ0) is 12.9. The van der Waals surface area contributed by atoms with Gasteiger partial charge in [-0.25, -0.2) is 0 Å². The van der Waals surface area contributed by atoms with E-state index in [9.17, 15) is 4.79 Å². The van der Waals surface area contributed by atoms with E-state index in [4.69, 9.17) is 4.74 Å². The molecule has 0 radical (unpaired) electrons. The van der Waals surface area contributed by atoms with Crippen LogP contribution < -0.4 is 10.6 Å². The summed E-state index contributed by atoms with van der Waals surface area (Å²) in [4.78, 5) is 11.6. The molecule has 0 aliphatic heterocycles. The van der Waals surface area contributed by atoms with Crippen molar-refractivity contribution >= 4 is 5.91 Å². The molecule has 0 aromatic heterocycles. The Morgan fingerprint density at radius 1 is 1.18 bits per heavy atom. The lowest BCUT2D eigenvalue weighted by atomic mass is 10.2. The van der Waals surface area contributed by atoms with Crippen LogP contribution in [-0.4, -0.2) is 38.8 Å². The molecule has 0 heterocycles. The summed E-state index contributed by atoms with van der Waals surface area (Å²) in [6, 6.07) is -0.0980. The molecule has 2 N–H and O–H groups in total.